The zero-order valence-electron chi connectivity index (χ0n) is 9.96. The van der Waals surface area contributed by atoms with Crippen molar-refractivity contribution in [3.63, 3.8) is 0 Å². The first-order valence-electron chi connectivity index (χ1n) is 5.48. The van der Waals surface area contributed by atoms with E-state index >= 15 is 0 Å². The summed E-state index contributed by atoms with van der Waals surface area (Å²) in [6.07, 6.45) is -4.50. The van der Waals surface area contributed by atoms with Gasteiger partial charge in [-0.15, -0.1) is 11.3 Å². The van der Waals surface area contributed by atoms with E-state index in [0.717, 1.165) is 15.4 Å². The number of anilines is 1. The van der Waals surface area contributed by atoms with Gasteiger partial charge in [0.05, 0.1) is 21.0 Å². The topological polar surface area (TPSA) is 35.8 Å². The fourth-order valence-electron chi connectivity index (χ4n) is 1.64. The standard InChI is InChI=1S/C13H8BrF3N2S/c14-12-4-9(7-20-12)6-19-11-2-1-8(5-18)3-10(11)13(15,16)17/h1-4,7,19H,6H2. The predicted octanol–water partition coefficient (Wildman–Crippen LogP) is 5.01. The number of nitrogens with zero attached hydrogens (tertiary/aromatic N) is 1. The first kappa shape index (κ1) is 14.9. The molecule has 2 nitrogen and oxygen atoms in total. The molecule has 20 heavy (non-hydrogen) atoms. The summed E-state index contributed by atoms with van der Waals surface area (Å²) < 4.78 is 39.7. The van der Waals surface area contributed by atoms with Crippen LogP contribution in [-0.4, -0.2) is 0 Å². The Kier molecular flexibility index (Phi) is 4.35. The molecular formula is C13H8BrF3N2S. The largest absolute Gasteiger partial charge is 0.418 e. The highest BCUT2D eigenvalue weighted by Crippen LogP contribution is 2.35. The van der Waals surface area contributed by atoms with E-state index in [2.05, 4.69) is 21.2 Å². The van der Waals surface area contributed by atoms with Crippen LogP contribution in [0.15, 0.2) is 33.4 Å². The van der Waals surface area contributed by atoms with Crippen molar-refractivity contribution in [1.29, 1.82) is 5.26 Å². The van der Waals surface area contributed by atoms with Gasteiger partial charge in [0, 0.05) is 12.2 Å². The maximum absolute atomic E-state index is 12.9. The van der Waals surface area contributed by atoms with E-state index in [1.165, 1.54) is 23.5 Å². The van der Waals surface area contributed by atoms with Crippen molar-refractivity contribution >= 4 is 33.0 Å². The molecule has 0 saturated heterocycles. The molecule has 0 aliphatic heterocycles. The van der Waals surface area contributed by atoms with Crippen LogP contribution < -0.4 is 5.32 Å². The Morgan fingerprint density at radius 3 is 2.60 bits per heavy atom. The van der Waals surface area contributed by atoms with Gasteiger partial charge in [-0.3, -0.25) is 0 Å². The minimum Gasteiger partial charge on any atom is -0.380 e. The Hall–Kier alpha value is -1.52. The Morgan fingerprint density at radius 1 is 1.30 bits per heavy atom. The molecule has 0 bridgehead atoms. The highest BCUT2D eigenvalue weighted by Gasteiger charge is 2.33. The monoisotopic (exact) mass is 360 g/mol. The zero-order valence-corrected chi connectivity index (χ0v) is 12.4. The second kappa shape index (κ2) is 5.85. The van der Waals surface area contributed by atoms with Crippen LogP contribution in [0.25, 0.3) is 0 Å². The van der Waals surface area contributed by atoms with Gasteiger partial charge in [-0.25, -0.2) is 0 Å². The molecule has 0 spiro atoms. The molecule has 0 fully saturated rings. The van der Waals surface area contributed by atoms with Gasteiger partial charge in [0.25, 0.3) is 0 Å². The molecular weight excluding hydrogens is 353 g/mol. The highest BCUT2D eigenvalue weighted by atomic mass is 79.9. The van der Waals surface area contributed by atoms with Crippen LogP contribution >= 0.6 is 27.3 Å². The number of hydrogen-bond donors (Lipinski definition) is 1. The van der Waals surface area contributed by atoms with E-state index < -0.39 is 11.7 Å². The number of thiophene rings is 1. The van der Waals surface area contributed by atoms with E-state index in [4.69, 9.17) is 5.26 Å². The molecule has 0 amide bonds. The van der Waals surface area contributed by atoms with Gasteiger partial charge >= 0.3 is 6.18 Å². The number of benzene rings is 1. The van der Waals surface area contributed by atoms with E-state index in [9.17, 15) is 13.2 Å². The molecule has 1 aromatic carbocycles. The summed E-state index contributed by atoms with van der Waals surface area (Å²) in [5.74, 6) is 0. The number of nitriles is 1. The summed E-state index contributed by atoms with van der Waals surface area (Å²) in [7, 11) is 0. The third kappa shape index (κ3) is 3.52. The molecule has 0 aliphatic carbocycles. The van der Waals surface area contributed by atoms with Crippen LogP contribution in [0.3, 0.4) is 0 Å². The van der Waals surface area contributed by atoms with Crippen LogP contribution in [0.4, 0.5) is 18.9 Å². The van der Waals surface area contributed by atoms with Crippen LogP contribution in [-0.2, 0) is 12.7 Å². The average molecular weight is 361 g/mol. The lowest BCUT2D eigenvalue weighted by atomic mass is 10.1. The first-order chi connectivity index (χ1) is 9.40. The lowest BCUT2D eigenvalue weighted by molar-refractivity contribution is -0.137. The number of halogens is 4. The summed E-state index contributed by atoms with van der Waals surface area (Å²) in [5, 5.41) is 13.3. The normalized spacial score (nSPS) is 11.2. The molecule has 1 aromatic heterocycles. The zero-order chi connectivity index (χ0) is 14.8. The molecule has 7 heteroatoms. The fourth-order valence-corrected chi connectivity index (χ4v) is 2.85. The summed E-state index contributed by atoms with van der Waals surface area (Å²) >= 11 is 4.76. The van der Waals surface area contributed by atoms with Crippen LogP contribution in [0, 0.1) is 11.3 Å². The molecule has 1 N–H and O–H groups in total. The molecule has 2 aromatic rings. The van der Waals surface area contributed by atoms with Crippen molar-refractivity contribution in [1.82, 2.24) is 0 Å². The van der Waals surface area contributed by atoms with Gasteiger partial charge in [-0.05, 0) is 51.1 Å². The van der Waals surface area contributed by atoms with Crippen molar-refractivity contribution in [2.75, 3.05) is 5.32 Å². The molecule has 1 heterocycles. The Morgan fingerprint density at radius 2 is 2.05 bits per heavy atom. The number of alkyl halides is 3. The molecule has 104 valence electrons. The van der Waals surface area contributed by atoms with Gasteiger partial charge in [0.2, 0.25) is 0 Å². The maximum atomic E-state index is 12.9. The van der Waals surface area contributed by atoms with Crippen LogP contribution in [0.2, 0.25) is 0 Å². The van der Waals surface area contributed by atoms with E-state index in [1.807, 2.05) is 11.4 Å². The van der Waals surface area contributed by atoms with Gasteiger partial charge in [-0.2, -0.15) is 18.4 Å². The van der Waals surface area contributed by atoms with Crippen molar-refractivity contribution in [2.24, 2.45) is 0 Å². The third-order valence-electron chi connectivity index (χ3n) is 2.56. The fraction of sp³-hybridized carbons (Fsp3) is 0.154. The average Bonchev–Trinajstić information content (AvgIpc) is 2.81. The molecule has 0 saturated carbocycles. The van der Waals surface area contributed by atoms with Gasteiger partial charge in [0.1, 0.15) is 0 Å². The van der Waals surface area contributed by atoms with E-state index in [0.29, 0.717) is 0 Å². The second-order valence-electron chi connectivity index (χ2n) is 3.98. The molecule has 0 atom stereocenters. The maximum Gasteiger partial charge on any atom is 0.418 e. The minimum atomic E-state index is -4.50. The Bertz CT molecular complexity index is 658. The van der Waals surface area contributed by atoms with Gasteiger partial charge in [0.15, 0.2) is 0 Å². The molecule has 0 radical (unpaired) electrons. The van der Waals surface area contributed by atoms with Crippen LogP contribution in [0.1, 0.15) is 16.7 Å². The lowest BCUT2D eigenvalue weighted by Gasteiger charge is -2.14. The highest BCUT2D eigenvalue weighted by molar-refractivity contribution is 9.11. The first-order valence-corrected chi connectivity index (χ1v) is 7.15. The van der Waals surface area contributed by atoms with Crippen molar-refractivity contribution in [2.45, 2.75) is 12.7 Å². The smallest absolute Gasteiger partial charge is 0.380 e. The van der Waals surface area contributed by atoms with Crippen molar-refractivity contribution < 1.29 is 13.2 Å². The molecule has 0 aliphatic rings. The molecule has 2 rings (SSSR count). The quantitative estimate of drug-likeness (QED) is 0.834. The predicted molar refractivity (Wildman–Crippen MR) is 75.5 cm³/mol. The summed E-state index contributed by atoms with van der Waals surface area (Å²) in [6, 6.07) is 7.05. The summed E-state index contributed by atoms with van der Waals surface area (Å²) in [5.41, 5.74) is 0.0187. The Balaban J connectivity index is 2.25. The lowest BCUT2D eigenvalue weighted by Crippen LogP contribution is -2.11. The van der Waals surface area contributed by atoms with Crippen LogP contribution in [0.5, 0.6) is 0 Å². The van der Waals surface area contributed by atoms with Crippen molar-refractivity contribution in [3.8, 4) is 6.07 Å². The number of hydrogen-bond acceptors (Lipinski definition) is 3. The van der Waals surface area contributed by atoms with Crippen molar-refractivity contribution in [3.05, 3.63) is 50.1 Å². The summed E-state index contributed by atoms with van der Waals surface area (Å²) in [4.78, 5) is 0. The van der Waals surface area contributed by atoms with Gasteiger partial charge in [-0.1, -0.05) is 0 Å². The summed E-state index contributed by atoms with van der Waals surface area (Å²) in [6.45, 7) is 0.289. The number of rotatable bonds is 3. The second-order valence-corrected chi connectivity index (χ2v) is 6.27. The Labute approximate surface area is 126 Å². The van der Waals surface area contributed by atoms with E-state index in [-0.39, 0.29) is 17.8 Å². The SMILES string of the molecule is N#Cc1ccc(NCc2csc(Br)c2)c(C(F)(F)F)c1. The van der Waals surface area contributed by atoms with Gasteiger partial charge < -0.3 is 5.32 Å². The number of nitrogens with one attached hydrogen (secondary N) is 1. The minimum absolute atomic E-state index is 0.0128. The van der Waals surface area contributed by atoms with E-state index in [1.54, 1.807) is 6.07 Å². The molecule has 0 unspecified atom stereocenters. The third-order valence-corrected chi connectivity index (χ3v) is 4.11.